The van der Waals surface area contributed by atoms with E-state index >= 15 is 0 Å². The smallest absolute Gasteiger partial charge is 0.178 e. The van der Waals surface area contributed by atoms with Crippen molar-refractivity contribution in [2.24, 2.45) is 0 Å². The van der Waals surface area contributed by atoms with Crippen molar-refractivity contribution in [3.63, 3.8) is 0 Å². The highest BCUT2D eigenvalue weighted by Crippen LogP contribution is 2.16. The van der Waals surface area contributed by atoms with Crippen LogP contribution < -0.4 is 0 Å². The van der Waals surface area contributed by atoms with Gasteiger partial charge in [-0.05, 0) is 24.6 Å². The van der Waals surface area contributed by atoms with E-state index < -0.39 is 23.7 Å². The number of benzene rings is 1. The van der Waals surface area contributed by atoms with Gasteiger partial charge in [-0.2, -0.15) is 0 Å². The third-order valence-corrected chi connectivity index (χ3v) is 5.13. The monoisotopic (exact) mass is 298 g/mol. The molecule has 0 spiro atoms. The highest BCUT2D eigenvalue weighted by Gasteiger charge is 2.15. The van der Waals surface area contributed by atoms with Crippen LogP contribution in [0.1, 0.15) is 18.9 Å². The quantitative estimate of drug-likeness (QED) is 0.488. The summed E-state index contributed by atoms with van der Waals surface area (Å²) in [5, 5.41) is 0. The Labute approximate surface area is 116 Å². The average Bonchev–Trinajstić information content (AvgIpc) is 2.26. The molecular weight excluding hydrogens is 279 g/mol. The van der Waals surface area contributed by atoms with E-state index in [9.17, 15) is 12.8 Å². The molecule has 0 heterocycles. The van der Waals surface area contributed by atoms with E-state index in [0.717, 1.165) is 0 Å². The first kappa shape index (κ1) is 15.9. The van der Waals surface area contributed by atoms with Crippen LogP contribution in [0, 0.1) is 17.3 Å². The van der Waals surface area contributed by atoms with Gasteiger partial charge >= 0.3 is 0 Å². The van der Waals surface area contributed by atoms with Gasteiger partial charge in [-0.15, -0.1) is 5.54 Å². The molecule has 0 amide bonds. The summed E-state index contributed by atoms with van der Waals surface area (Å²) < 4.78 is 37.5. The highest BCUT2D eigenvalue weighted by molar-refractivity contribution is 7.91. The first-order chi connectivity index (χ1) is 8.65. The Morgan fingerprint density at radius 3 is 2.42 bits per heavy atom. The molecule has 0 unspecified atom stereocenters. The van der Waals surface area contributed by atoms with Crippen molar-refractivity contribution in [2.45, 2.75) is 37.9 Å². The fourth-order valence-electron chi connectivity index (χ4n) is 1.44. The summed E-state index contributed by atoms with van der Waals surface area (Å²) in [4.78, 5) is 0.149. The van der Waals surface area contributed by atoms with E-state index in [-0.39, 0.29) is 16.2 Å². The zero-order chi connectivity index (χ0) is 14.7. The minimum absolute atomic E-state index is 0.0690. The molecule has 0 aromatic heterocycles. The van der Waals surface area contributed by atoms with Crippen molar-refractivity contribution in [2.75, 3.05) is 5.75 Å². The van der Waals surface area contributed by atoms with Crippen LogP contribution in [0.15, 0.2) is 23.1 Å². The average molecular weight is 298 g/mol. The van der Waals surface area contributed by atoms with Crippen molar-refractivity contribution in [1.82, 2.24) is 0 Å². The molecule has 5 heteroatoms. The van der Waals surface area contributed by atoms with Crippen molar-refractivity contribution < 1.29 is 12.8 Å². The molecule has 0 radical (unpaired) electrons. The molecular formula is C14H19FO2SSi. The lowest BCUT2D eigenvalue weighted by Crippen LogP contribution is -2.16. The van der Waals surface area contributed by atoms with E-state index in [0.29, 0.717) is 6.42 Å². The number of hydrogen-bond acceptors (Lipinski definition) is 2. The maximum atomic E-state index is 13.6. The minimum Gasteiger partial charge on any atom is -0.224 e. The van der Waals surface area contributed by atoms with E-state index in [1.54, 1.807) is 6.92 Å². The molecule has 0 atom stereocenters. The third kappa shape index (κ3) is 4.81. The molecule has 1 aromatic rings. The second-order valence-electron chi connectivity index (χ2n) is 5.46. The van der Waals surface area contributed by atoms with Gasteiger partial charge in [-0.3, -0.25) is 0 Å². The summed E-state index contributed by atoms with van der Waals surface area (Å²) in [5.74, 6) is 2.38. The Morgan fingerprint density at radius 1 is 1.26 bits per heavy atom. The van der Waals surface area contributed by atoms with Crippen LogP contribution >= 0.6 is 0 Å². The van der Waals surface area contributed by atoms with Gasteiger partial charge < -0.3 is 0 Å². The molecule has 19 heavy (non-hydrogen) atoms. The molecule has 0 saturated carbocycles. The van der Waals surface area contributed by atoms with E-state index in [1.807, 2.05) is 0 Å². The fraction of sp³-hybridized carbons (Fsp3) is 0.429. The zero-order valence-electron chi connectivity index (χ0n) is 11.7. The first-order valence-corrected chi connectivity index (χ1v) is 11.4. The lowest BCUT2D eigenvalue weighted by molar-refractivity contribution is 0.593. The van der Waals surface area contributed by atoms with Crippen molar-refractivity contribution in [1.29, 1.82) is 0 Å². The van der Waals surface area contributed by atoms with Crippen LogP contribution in [-0.4, -0.2) is 22.2 Å². The van der Waals surface area contributed by atoms with Crippen molar-refractivity contribution >= 4 is 17.9 Å². The molecule has 0 bridgehead atoms. The number of rotatable bonds is 3. The van der Waals surface area contributed by atoms with Gasteiger partial charge in [0.1, 0.15) is 13.9 Å². The molecule has 0 aliphatic heterocycles. The third-order valence-electron chi connectivity index (χ3n) is 2.34. The van der Waals surface area contributed by atoms with Gasteiger partial charge in [0.15, 0.2) is 9.84 Å². The molecule has 0 aliphatic carbocycles. The molecule has 0 saturated heterocycles. The van der Waals surface area contributed by atoms with Crippen molar-refractivity contribution in [3.05, 3.63) is 29.6 Å². The zero-order valence-corrected chi connectivity index (χ0v) is 13.6. The topological polar surface area (TPSA) is 34.1 Å². The summed E-state index contributed by atoms with van der Waals surface area (Å²) >= 11 is 0. The van der Waals surface area contributed by atoms with Crippen LogP contribution in [-0.2, 0) is 9.84 Å². The maximum absolute atomic E-state index is 13.6. The van der Waals surface area contributed by atoms with E-state index in [1.165, 1.54) is 18.2 Å². The Morgan fingerprint density at radius 2 is 1.89 bits per heavy atom. The summed E-state index contributed by atoms with van der Waals surface area (Å²) in [6, 6.07) is 3.82. The Kier molecular flexibility index (Phi) is 4.94. The van der Waals surface area contributed by atoms with Gasteiger partial charge in [0.05, 0.1) is 16.2 Å². The SMILES string of the molecule is CCCS(=O)(=O)c1ccc(F)c(C#C[Si](C)(C)C)c1. The second kappa shape index (κ2) is 5.89. The maximum Gasteiger partial charge on any atom is 0.178 e. The number of sulfone groups is 1. The normalized spacial score (nSPS) is 11.8. The molecule has 0 fully saturated rings. The summed E-state index contributed by atoms with van der Waals surface area (Å²) in [5.41, 5.74) is 3.21. The predicted octanol–water partition coefficient (Wildman–Crippen LogP) is 3.24. The molecule has 2 nitrogen and oxygen atoms in total. The van der Waals surface area contributed by atoms with Gasteiger partial charge in [0.2, 0.25) is 0 Å². The van der Waals surface area contributed by atoms with Gasteiger partial charge in [0.25, 0.3) is 0 Å². The van der Waals surface area contributed by atoms with Crippen LogP contribution in [0.5, 0.6) is 0 Å². The summed E-state index contributed by atoms with van der Waals surface area (Å²) in [7, 11) is -4.95. The number of hydrogen-bond donors (Lipinski definition) is 0. The lowest BCUT2D eigenvalue weighted by atomic mass is 10.2. The summed E-state index contributed by atoms with van der Waals surface area (Å²) in [6.07, 6.45) is 0.537. The van der Waals surface area contributed by atoms with Gasteiger partial charge in [-0.25, -0.2) is 12.8 Å². The van der Waals surface area contributed by atoms with Crippen LogP contribution in [0.25, 0.3) is 0 Å². The van der Waals surface area contributed by atoms with Crippen LogP contribution in [0.2, 0.25) is 19.6 Å². The number of halogens is 1. The largest absolute Gasteiger partial charge is 0.224 e. The van der Waals surface area contributed by atoms with Gasteiger partial charge in [-0.1, -0.05) is 32.5 Å². The Bertz CT molecular complexity index is 619. The van der Waals surface area contributed by atoms with Gasteiger partial charge in [0, 0.05) is 0 Å². The Hall–Kier alpha value is -1.12. The molecule has 0 aliphatic rings. The van der Waals surface area contributed by atoms with Crippen molar-refractivity contribution in [3.8, 4) is 11.5 Å². The van der Waals surface area contributed by atoms with Crippen LogP contribution in [0.4, 0.5) is 4.39 Å². The minimum atomic E-state index is -3.33. The predicted molar refractivity (Wildman–Crippen MR) is 79.0 cm³/mol. The molecule has 1 aromatic carbocycles. The molecule has 1 rings (SSSR count). The fourth-order valence-corrected chi connectivity index (χ4v) is 3.29. The standard InChI is InChI=1S/C14H19FO2SSi/c1-5-9-18(16,17)13-6-7-14(15)12(11-13)8-10-19(2,3)4/h6-7,11H,5,9H2,1-4H3. The van der Waals surface area contributed by atoms with E-state index in [4.69, 9.17) is 0 Å². The first-order valence-electron chi connectivity index (χ1n) is 6.21. The van der Waals surface area contributed by atoms with Crippen LogP contribution in [0.3, 0.4) is 0 Å². The lowest BCUT2D eigenvalue weighted by Gasteiger charge is -2.06. The Balaban J connectivity index is 3.25. The van der Waals surface area contributed by atoms with E-state index in [2.05, 4.69) is 31.1 Å². The molecule has 104 valence electrons. The highest BCUT2D eigenvalue weighted by atomic mass is 32.2. The molecule has 0 N–H and O–H groups in total. The summed E-state index contributed by atoms with van der Waals surface area (Å²) in [6.45, 7) is 7.95. The second-order valence-corrected chi connectivity index (χ2v) is 12.3.